The number of aromatic amines is 1. The van der Waals surface area contributed by atoms with Gasteiger partial charge in [0.25, 0.3) is 5.91 Å². The summed E-state index contributed by atoms with van der Waals surface area (Å²) in [6.07, 6.45) is 2.27. The molecule has 0 unspecified atom stereocenters. The lowest BCUT2D eigenvalue weighted by atomic mass is 10.2. The number of carbonyl (C=O) groups is 1. The van der Waals surface area contributed by atoms with Crippen LogP contribution in [0, 0.1) is 11.7 Å². The molecule has 30 heavy (non-hydrogen) atoms. The molecule has 0 atom stereocenters. The molecule has 0 aliphatic rings. The third-order valence-corrected chi connectivity index (χ3v) is 6.31. The zero-order valence-corrected chi connectivity index (χ0v) is 18.5. The van der Waals surface area contributed by atoms with Crippen LogP contribution in [0.5, 0.6) is 0 Å². The number of benzene rings is 1. The fraction of sp³-hybridized carbons (Fsp3) is 0.150. The quantitative estimate of drug-likeness (QED) is 0.308. The van der Waals surface area contributed by atoms with E-state index in [4.69, 9.17) is 12.2 Å². The van der Waals surface area contributed by atoms with Gasteiger partial charge in [-0.05, 0) is 19.1 Å². The number of hydrogen-bond donors (Lipinski definition) is 2. The third kappa shape index (κ3) is 4.45. The van der Waals surface area contributed by atoms with E-state index in [1.54, 1.807) is 11.5 Å². The molecule has 0 saturated heterocycles. The van der Waals surface area contributed by atoms with Crippen molar-refractivity contribution in [1.29, 1.82) is 0 Å². The number of thiazole rings is 2. The third-order valence-electron chi connectivity index (χ3n) is 4.30. The number of anilines is 1. The molecule has 4 rings (SSSR count). The lowest BCUT2D eigenvalue weighted by Gasteiger charge is -2.01. The van der Waals surface area contributed by atoms with Gasteiger partial charge in [0.2, 0.25) is 0 Å². The molecular weight excluding hydrogens is 436 g/mol. The number of nitrogens with one attached hydrogen (secondary N) is 2. The zero-order valence-electron chi connectivity index (χ0n) is 16.1. The SMILES string of the molecule is C=CCn1c(Cc2csc(NC(=O)c3csc(-c4ccc(C)cc4)n3)n2)n[nH]c1=S. The minimum absolute atomic E-state index is 0.278. The molecule has 0 aliphatic heterocycles. The van der Waals surface area contributed by atoms with Crippen LogP contribution in [-0.2, 0) is 13.0 Å². The van der Waals surface area contributed by atoms with Crippen LogP contribution in [0.4, 0.5) is 5.13 Å². The van der Waals surface area contributed by atoms with Crippen LogP contribution >= 0.6 is 34.9 Å². The van der Waals surface area contributed by atoms with E-state index in [0.29, 0.717) is 28.6 Å². The van der Waals surface area contributed by atoms with Gasteiger partial charge in [-0.3, -0.25) is 19.8 Å². The maximum absolute atomic E-state index is 12.6. The van der Waals surface area contributed by atoms with E-state index in [1.165, 1.54) is 28.2 Å². The van der Waals surface area contributed by atoms with Crippen molar-refractivity contribution in [2.45, 2.75) is 19.9 Å². The highest BCUT2D eigenvalue weighted by Gasteiger charge is 2.15. The lowest BCUT2D eigenvalue weighted by molar-refractivity contribution is 0.102. The molecule has 0 fully saturated rings. The van der Waals surface area contributed by atoms with Gasteiger partial charge in [-0.15, -0.1) is 29.3 Å². The Hall–Kier alpha value is -2.95. The normalized spacial score (nSPS) is 10.8. The van der Waals surface area contributed by atoms with Crippen molar-refractivity contribution >= 4 is 45.9 Å². The Bertz CT molecular complexity index is 1250. The van der Waals surface area contributed by atoms with Gasteiger partial charge in [0, 0.05) is 22.9 Å². The average molecular weight is 455 g/mol. The van der Waals surface area contributed by atoms with Gasteiger partial charge < -0.3 is 0 Å². The highest BCUT2D eigenvalue weighted by Crippen LogP contribution is 2.25. The zero-order chi connectivity index (χ0) is 21.1. The number of allylic oxidation sites excluding steroid dienone is 1. The summed E-state index contributed by atoms with van der Waals surface area (Å²) in [4.78, 5) is 21.5. The van der Waals surface area contributed by atoms with Gasteiger partial charge in [0.15, 0.2) is 9.90 Å². The Morgan fingerprint density at radius 3 is 2.83 bits per heavy atom. The smallest absolute Gasteiger partial charge is 0.276 e. The predicted octanol–water partition coefficient (Wildman–Crippen LogP) is 4.86. The lowest BCUT2D eigenvalue weighted by Crippen LogP contribution is -2.12. The number of carbonyl (C=O) groups excluding carboxylic acids is 1. The predicted molar refractivity (Wildman–Crippen MR) is 123 cm³/mol. The maximum Gasteiger partial charge on any atom is 0.276 e. The molecule has 3 heterocycles. The summed E-state index contributed by atoms with van der Waals surface area (Å²) in [6.45, 7) is 6.35. The van der Waals surface area contributed by atoms with E-state index < -0.39 is 0 Å². The highest BCUT2D eigenvalue weighted by molar-refractivity contribution is 7.71. The first-order valence-corrected chi connectivity index (χ1v) is 11.2. The number of H-pyrrole nitrogens is 1. The Kier molecular flexibility index (Phi) is 5.98. The molecule has 7 nitrogen and oxygen atoms in total. The van der Waals surface area contributed by atoms with E-state index in [-0.39, 0.29) is 5.91 Å². The van der Waals surface area contributed by atoms with Crippen molar-refractivity contribution in [1.82, 2.24) is 24.7 Å². The molecule has 0 aliphatic carbocycles. The number of rotatable bonds is 7. The summed E-state index contributed by atoms with van der Waals surface area (Å²) in [6, 6.07) is 8.07. The maximum atomic E-state index is 12.6. The van der Waals surface area contributed by atoms with E-state index in [0.717, 1.165) is 22.1 Å². The van der Waals surface area contributed by atoms with Gasteiger partial charge >= 0.3 is 0 Å². The molecule has 0 spiro atoms. The van der Waals surface area contributed by atoms with E-state index >= 15 is 0 Å². The van der Waals surface area contributed by atoms with Crippen molar-refractivity contribution < 1.29 is 4.79 Å². The molecule has 152 valence electrons. The first kappa shape index (κ1) is 20.3. The number of nitrogens with zero attached hydrogens (tertiary/aromatic N) is 4. The molecule has 2 N–H and O–H groups in total. The number of aryl methyl sites for hydroxylation is 1. The summed E-state index contributed by atoms with van der Waals surface area (Å²) in [7, 11) is 0. The van der Waals surface area contributed by atoms with Crippen molar-refractivity contribution in [3.05, 3.63) is 75.2 Å². The summed E-state index contributed by atoms with van der Waals surface area (Å²) >= 11 is 8.03. The Morgan fingerprint density at radius 1 is 1.27 bits per heavy atom. The van der Waals surface area contributed by atoms with Gasteiger partial charge in [0.1, 0.15) is 16.5 Å². The largest absolute Gasteiger partial charge is 0.300 e. The van der Waals surface area contributed by atoms with Gasteiger partial charge in [0.05, 0.1) is 12.1 Å². The summed E-state index contributed by atoms with van der Waals surface area (Å²) in [5.41, 5.74) is 3.35. The molecule has 1 amide bonds. The van der Waals surface area contributed by atoms with Crippen LogP contribution in [0.25, 0.3) is 10.6 Å². The van der Waals surface area contributed by atoms with Crippen molar-refractivity contribution in [3.8, 4) is 10.6 Å². The highest BCUT2D eigenvalue weighted by atomic mass is 32.1. The Labute approximate surface area is 186 Å². The van der Waals surface area contributed by atoms with E-state index in [1.807, 2.05) is 41.1 Å². The molecule has 1 aromatic carbocycles. The van der Waals surface area contributed by atoms with Crippen LogP contribution in [0.3, 0.4) is 0 Å². The van der Waals surface area contributed by atoms with Crippen LogP contribution in [0.2, 0.25) is 0 Å². The van der Waals surface area contributed by atoms with Crippen LogP contribution in [0.1, 0.15) is 27.6 Å². The molecule has 3 aromatic heterocycles. The molecule has 0 saturated carbocycles. The molecular formula is C20H18N6OS3. The Morgan fingerprint density at radius 2 is 2.07 bits per heavy atom. The monoisotopic (exact) mass is 454 g/mol. The first-order chi connectivity index (χ1) is 14.5. The van der Waals surface area contributed by atoms with Crippen molar-refractivity contribution in [2.75, 3.05) is 5.32 Å². The topological polar surface area (TPSA) is 88.5 Å². The summed E-state index contributed by atoms with van der Waals surface area (Å²) in [5.74, 6) is 0.491. The van der Waals surface area contributed by atoms with E-state index in [2.05, 4.69) is 32.1 Å². The fourth-order valence-corrected chi connectivity index (χ4v) is 4.52. The first-order valence-electron chi connectivity index (χ1n) is 9.07. The van der Waals surface area contributed by atoms with Gasteiger partial charge in [-0.1, -0.05) is 35.9 Å². The second kappa shape index (κ2) is 8.82. The van der Waals surface area contributed by atoms with Gasteiger partial charge in [-0.2, -0.15) is 5.10 Å². The number of hydrogen-bond acceptors (Lipinski definition) is 7. The summed E-state index contributed by atoms with van der Waals surface area (Å²) in [5, 5.41) is 14.8. The standard InChI is InChI=1S/C20H18N6OS3/c1-3-8-26-16(24-25-20(26)28)9-14-10-30-19(21-14)23-17(27)15-11-29-18(22-15)13-6-4-12(2)5-7-13/h3-7,10-11H,1,8-9H2,2H3,(H,25,28)(H,21,23,27). The van der Waals surface area contributed by atoms with Crippen molar-refractivity contribution in [3.63, 3.8) is 0 Å². The number of amides is 1. The van der Waals surface area contributed by atoms with Crippen LogP contribution < -0.4 is 5.32 Å². The van der Waals surface area contributed by atoms with Crippen LogP contribution in [0.15, 0.2) is 47.7 Å². The average Bonchev–Trinajstić information content (AvgIpc) is 3.46. The van der Waals surface area contributed by atoms with Gasteiger partial charge in [-0.25, -0.2) is 9.97 Å². The second-order valence-corrected chi connectivity index (χ2v) is 8.63. The molecule has 10 heteroatoms. The minimum Gasteiger partial charge on any atom is -0.300 e. The molecule has 4 aromatic rings. The second-order valence-electron chi connectivity index (χ2n) is 6.52. The van der Waals surface area contributed by atoms with E-state index in [9.17, 15) is 4.79 Å². The molecule has 0 bridgehead atoms. The summed E-state index contributed by atoms with van der Waals surface area (Å²) < 4.78 is 2.41. The van der Waals surface area contributed by atoms with Crippen LogP contribution in [-0.4, -0.2) is 30.6 Å². The minimum atomic E-state index is -0.278. The van der Waals surface area contributed by atoms with Crippen molar-refractivity contribution in [2.24, 2.45) is 0 Å². The fourth-order valence-electron chi connectivity index (χ4n) is 2.78. The number of aromatic nitrogens is 5. The molecule has 0 radical (unpaired) electrons. The Balaban J connectivity index is 1.44.